The van der Waals surface area contributed by atoms with Crippen LogP contribution in [0.1, 0.15) is 42.3 Å². The molecule has 0 radical (unpaired) electrons. The maximum absolute atomic E-state index is 13.2. The minimum atomic E-state index is -4.49. The summed E-state index contributed by atoms with van der Waals surface area (Å²) in [4.78, 5) is 19.1. The van der Waals surface area contributed by atoms with Gasteiger partial charge < -0.3 is 20.4 Å². The largest absolute Gasteiger partial charge is 0.416 e. The predicted octanol–water partition coefficient (Wildman–Crippen LogP) is 3.36. The summed E-state index contributed by atoms with van der Waals surface area (Å²) in [5.74, 6) is 0.312. The Kier molecular flexibility index (Phi) is 5.83. The molecule has 3 N–H and O–H groups in total. The molecule has 9 heteroatoms. The van der Waals surface area contributed by atoms with Crippen molar-refractivity contribution in [3.8, 4) is 0 Å². The monoisotopic (exact) mass is 394 g/mol. The lowest BCUT2D eigenvalue weighted by atomic mass is 10.0. The van der Waals surface area contributed by atoms with E-state index in [0.29, 0.717) is 19.4 Å². The molecular weight excluding hydrogens is 373 g/mol. The molecular formula is C19H21F3N4O2. The first-order chi connectivity index (χ1) is 13.3. The fourth-order valence-corrected chi connectivity index (χ4v) is 3.31. The molecule has 0 spiro atoms. The van der Waals surface area contributed by atoms with Gasteiger partial charge in [0.25, 0.3) is 5.56 Å². The van der Waals surface area contributed by atoms with Crippen molar-refractivity contribution in [3.63, 3.8) is 0 Å². The Morgan fingerprint density at radius 3 is 2.82 bits per heavy atom. The third-order valence-corrected chi connectivity index (χ3v) is 4.66. The Balaban J connectivity index is 1.92. The second-order valence-corrected chi connectivity index (χ2v) is 6.80. The third kappa shape index (κ3) is 4.59. The Morgan fingerprint density at radius 2 is 2.14 bits per heavy atom. The lowest BCUT2D eigenvalue weighted by Crippen LogP contribution is -2.34. The molecule has 6 nitrogen and oxygen atoms in total. The number of alkyl halides is 3. The lowest BCUT2D eigenvalue weighted by Gasteiger charge is -2.28. The number of nitrogens with zero attached hydrogens (tertiary/aromatic N) is 1. The second-order valence-electron chi connectivity index (χ2n) is 6.80. The number of halogens is 3. The van der Waals surface area contributed by atoms with Crippen LogP contribution in [0, 0.1) is 5.41 Å². The summed E-state index contributed by atoms with van der Waals surface area (Å²) >= 11 is 0. The molecule has 0 amide bonds. The maximum atomic E-state index is 13.2. The van der Waals surface area contributed by atoms with Crippen molar-refractivity contribution in [1.29, 1.82) is 5.41 Å². The van der Waals surface area contributed by atoms with Gasteiger partial charge in [0.05, 0.1) is 17.2 Å². The molecule has 1 aromatic carbocycles. The fraction of sp³-hybridized carbons (Fsp3) is 0.421. The molecule has 3 rings (SSSR count). The first kappa shape index (κ1) is 20.1. The molecule has 2 atom stereocenters. The van der Waals surface area contributed by atoms with Gasteiger partial charge in [0.15, 0.2) is 0 Å². The van der Waals surface area contributed by atoms with Gasteiger partial charge in [-0.25, -0.2) is 4.98 Å². The summed E-state index contributed by atoms with van der Waals surface area (Å²) < 4.78 is 45.2. The van der Waals surface area contributed by atoms with E-state index in [-0.39, 0.29) is 41.3 Å². The van der Waals surface area contributed by atoms with E-state index in [1.165, 1.54) is 18.2 Å². The summed E-state index contributed by atoms with van der Waals surface area (Å²) in [6.45, 7) is 2.50. The maximum Gasteiger partial charge on any atom is 0.416 e. The Hall–Kier alpha value is -2.68. The average molecular weight is 394 g/mol. The van der Waals surface area contributed by atoms with Gasteiger partial charge in [-0.3, -0.25) is 4.79 Å². The minimum Gasteiger partial charge on any atom is -0.378 e. The zero-order chi connectivity index (χ0) is 20.3. The molecule has 2 heterocycles. The number of hydrogen-bond acceptors (Lipinski definition) is 5. The molecule has 1 aliphatic rings. The summed E-state index contributed by atoms with van der Waals surface area (Å²) in [6, 6.07) is 5.20. The van der Waals surface area contributed by atoms with Crippen molar-refractivity contribution < 1.29 is 17.9 Å². The fourth-order valence-electron chi connectivity index (χ4n) is 3.31. The summed E-state index contributed by atoms with van der Waals surface area (Å²) in [5.41, 5.74) is -1.26. The Labute approximate surface area is 159 Å². The molecule has 1 saturated heterocycles. The lowest BCUT2D eigenvalue weighted by molar-refractivity contribution is -0.138. The van der Waals surface area contributed by atoms with Crippen LogP contribution >= 0.6 is 0 Å². The van der Waals surface area contributed by atoms with E-state index in [0.717, 1.165) is 12.3 Å². The predicted molar refractivity (Wildman–Crippen MR) is 99.1 cm³/mol. The average Bonchev–Trinajstić information content (AvgIpc) is 2.61. The quantitative estimate of drug-likeness (QED) is 0.679. The summed E-state index contributed by atoms with van der Waals surface area (Å²) in [7, 11) is 0. The molecule has 150 valence electrons. The highest BCUT2D eigenvalue weighted by Gasteiger charge is 2.33. The van der Waals surface area contributed by atoms with Crippen LogP contribution in [-0.2, 0) is 17.3 Å². The zero-order valence-electron chi connectivity index (χ0n) is 15.3. The van der Waals surface area contributed by atoms with E-state index in [1.54, 1.807) is 0 Å². The van der Waals surface area contributed by atoms with Crippen molar-refractivity contribution in [2.75, 3.05) is 11.9 Å². The smallest absolute Gasteiger partial charge is 0.378 e. The van der Waals surface area contributed by atoms with Gasteiger partial charge >= 0.3 is 6.18 Å². The molecule has 0 aliphatic carbocycles. The first-order valence-electron chi connectivity index (χ1n) is 8.95. The first-order valence-corrected chi connectivity index (χ1v) is 8.95. The van der Waals surface area contributed by atoms with Crippen LogP contribution in [0.25, 0.3) is 0 Å². The van der Waals surface area contributed by atoms with E-state index < -0.39 is 17.3 Å². The highest BCUT2D eigenvalue weighted by atomic mass is 19.4. The van der Waals surface area contributed by atoms with Crippen LogP contribution in [0.15, 0.2) is 29.1 Å². The normalized spacial score (nSPS) is 20.0. The molecule has 1 aliphatic heterocycles. The van der Waals surface area contributed by atoms with Gasteiger partial charge in [0.1, 0.15) is 11.6 Å². The molecule has 0 bridgehead atoms. The SMILES string of the molecule is CC1CC(Nc2nc(Cc3ccccc3C(F)(F)F)[nH]c(=O)c2C=N)CCO1. The second kappa shape index (κ2) is 8.14. The van der Waals surface area contributed by atoms with Crippen LogP contribution in [0.5, 0.6) is 0 Å². The Bertz CT molecular complexity index is 911. The van der Waals surface area contributed by atoms with Crippen molar-refractivity contribution in [2.45, 2.75) is 44.5 Å². The number of H-pyrrole nitrogens is 1. The number of rotatable bonds is 5. The number of aromatic amines is 1. The van der Waals surface area contributed by atoms with E-state index >= 15 is 0 Å². The molecule has 2 aromatic rings. The van der Waals surface area contributed by atoms with Crippen molar-refractivity contribution in [1.82, 2.24) is 9.97 Å². The third-order valence-electron chi connectivity index (χ3n) is 4.66. The van der Waals surface area contributed by atoms with Crippen LogP contribution in [0.4, 0.5) is 19.0 Å². The van der Waals surface area contributed by atoms with Crippen LogP contribution in [-0.4, -0.2) is 34.9 Å². The van der Waals surface area contributed by atoms with E-state index in [2.05, 4.69) is 15.3 Å². The van der Waals surface area contributed by atoms with Crippen LogP contribution in [0.3, 0.4) is 0 Å². The number of benzene rings is 1. The minimum absolute atomic E-state index is 0.00654. The van der Waals surface area contributed by atoms with E-state index in [1.807, 2.05) is 6.92 Å². The van der Waals surface area contributed by atoms with Crippen LogP contribution in [0.2, 0.25) is 0 Å². The van der Waals surface area contributed by atoms with Gasteiger partial charge in [-0.1, -0.05) is 18.2 Å². The summed E-state index contributed by atoms with van der Waals surface area (Å²) in [6.07, 6.45) is -2.31. The number of ether oxygens (including phenoxy) is 1. The zero-order valence-corrected chi connectivity index (χ0v) is 15.3. The number of hydrogen-bond donors (Lipinski definition) is 3. The van der Waals surface area contributed by atoms with E-state index in [9.17, 15) is 18.0 Å². The molecule has 28 heavy (non-hydrogen) atoms. The highest BCUT2D eigenvalue weighted by molar-refractivity contribution is 5.83. The van der Waals surface area contributed by atoms with Gasteiger partial charge in [-0.05, 0) is 31.4 Å². The van der Waals surface area contributed by atoms with Gasteiger partial charge in [0.2, 0.25) is 0 Å². The van der Waals surface area contributed by atoms with Crippen molar-refractivity contribution >= 4 is 12.0 Å². The van der Waals surface area contributed by atoms with Crippen molar-refractivity contribution in [2.24, 2.45) is 0 Å². The molecule has 0 saturated carbocycles. The molecule has 2 unspecified atom stereocenters. The molecule has 1 aromatic heterocycles. The number of nitrogens with one attached hydrogen (secondary N) is 3. The number of anilines is 1. The van der Waals surface area contributed by atoms with Gasteiger partial charge in [0, 0.05) is 25.3 Å². The van der Waals surface area contributed by atoms with Crippen molar-refractivity contribution in [3.05, 3.63) is 57.1 Å². The van der Waals surface area contributed by atoms with E-state index in [4.69, 9.17) is 10.1 Å². The van der Waals surface area contributed by atoms with Gasteiger partial charge in [-0.15, -0.1) is 0 Å². The number of aromatic nitrogens is 2. The highest BCUT2D eigenvalue weighted by Crippen LogP contribution is 2.32. The van der Waals surface area contributed by atoms with Gasteiger partial charge in [-0.2, -0.15) is 13.2 Å². The topological polar surface area (TPSA) is 90.9 Å². The Morgan fingerprint density at radius 1 is 1.39 bits per heavy atom. The standard InChI is InChI=1S/C19H21F3N4O2/c1-11-8-13(6-7-28-11)24-17-14(10-23)18(27)26-16(25-17)9-12-4-2-3-5-15(12)19(20,21)22/h2-5,10-11,13,23H,6-9H2,1H3,(H2,24,25,26,27). The van der Waals surface area contributed by atoms with Crippen LogP contribution < -0.4 is 10.9 Å². The molecule has 1 fully saturated rings. The summed E-state index contributed by atoms with van der Waals surface area (Å²) in [5, 5.41) is 10.6.